The van der Waals surface area contributed by atoms with Crippen molar-refractivity contribution in [2.24, 2.45) is 0 Å². The number of nitrogens with zero attached hydrogens (tertiary/aromatic N) is 2. The van der Waals surface area contributed by atoms with Crippen molar-refractivity contribution < 1.29 is 0 Å². The maximum atomic E-state index is 4.73. The van der Waals surface area contributed by atoms with E-state index in [4.69, 9.17) is 4.98 Å². The van der Waals surface area contributed by atoms with Gasteiger partial charge in [0.05, 0.1) is 5.69 Å². The minimum Gasteiger partial charge on any atom is -0.353 e. The van der Waals surface area contributed by atoms with Gasteiger partial charge in [-0.2, -0.15) is 0 Å². The summed E-state index contributed by atoms with van der Waals surface area (Å²) in [4.78, 5) is 4.73. The smallest absolute Gasteiger partial charge is 0.203 e. The van der Waals surface area contributed by atoms with E-state index < -0.39 is 0 Å². The molecule has 0 aliphatic carbocycles. The summed E-state index contributed by atoms with van der Waals surface area (Å²) in [5, 5.41) is 3.45. The molecule has 0 fully saturated rings. The molecule has 2 unspecified atom stereocenters. The third-order valence-corrected chi connectivity index (χ3v) is 3.94. The zero-order chi connectivity index (χ0) is 13.4. The van der Waals surface area contributed by atoms with E-state index >= 15 is 0 Å². The number of benzene rings is 1. The predicted octanol–water partition coefficient (Wildman–Crippen LogP) is 3.88. The van der Waals surface area contributed by atoms with Gasteiger partial charge in [0.25, 0.3) is 0 Å². The van der Waals surface area contributed by atoms with E-state index in [0.29, 0.717) is 12.1 Å². The van der Waals surface area contributed by atoms with E-state index in [1.807, 2.05) is 0 Å². The Kier molecular flexibility index (Phi) is 3.05. The van der Waals surface area contributed by atoms with Gasteiger partial charge in [0, 0.05) is 23.8 Å². The molecule has 1 aromatic carbocycles. The van der Waals surface area contributed by atoms with Gasteiger partial charge in [-0.1, -0.05) is 31.2 Å². The minimum atomic E-state index is 0.500. The van der Waals surface area contributed by atoms with Crippen molar-refractivity contribution >= 4 is 5.95 Å². The van der Waals surface area contributed by atoms with Crippen molar-refractivity contribution in [3.05, 3.63) is 36.0 Å². The van der Waals surface area contributed by atoms with Crippen LogP contribution >= 0.6 is 0 Å². The summed E-state index contributed by atoms with van der Waals surface area (Å²) in [6.45, 7) is 6.65. The second kappa shape index (κ2) is 4.72. The van der Waals surface area contributed by atoms with Crippen LogP contribution < -0.4 is 5.32 Å². The van der Waals surface area contributed by atoms with Crippen molar-refractivity contribution in [3.63, 3.8) is 0 Å². The van der Waals surface area contributed by atoms with E-state index in [1.54, 1.807) is 0 Å². The van der Waals surface area contributed by atoms with Crippen molar-refractivity contribution in [1.82, 2.24) is 9.55 Å². The Balaban J connectivity index is 1.95. The lowest BCUT2D eigenvalue weighted by Crippen LogP contribution is -2.28. The fourth-order valence-electron chi connectivity index (χ4n) is 2.79. The summed E-state index contributed by atoms with van der Waals surface area (Å²) in [5.41, 5.74) is 3.62. The Bertz CT molecular complexity index is 568. The van der Waals surface area contributed by atoms with Crippen LogP contribution in [0.2, 0.25) is 0 Å². The van der Waals surface area contributed by atoms with Crippen LogP contribution in [0.1, 0.15) is 38.8 Å². The number of aryl methyl sites for hydroxylation is 1. The van der Waals surface area contributed by atoms with Crippen LogP contribution in [0.3, 0.4) is 0 Å². The van der Waals surface area contributed by atoms with Gasteiger partial charge in [-0.25, -0.2) is 4.98 Å². The summed E-state index contributed by atoms with van der Waals surface area (Å²) in [7, 11) is 0. The van der Waals surface area contributed by atoms with Crippen LogP contribution in [0.25, 0.3) is 11.3 Å². The average molecular weight is 255 g/mol. The normalized spacial score (nSPS) is 21.8. The van der Waals surface area contributed by atoms with Crippen LogP contribution in [-0.2, 0) is 6.42 Å². The highest BCUT2D eigenvalue weighted by Gasteiger charge is 2.22. The first-order valence-corrected chi connectivity index (χ1v) is 7.12. The lowest BCUT2D eigenvalue weighted by Gasteiger charge is -2.27. The molecule has 1 aromatic heterocycles. The Morgan fingerprint density at radius 3 is 2.68 bits per heavy atom. The van der Waals surface area contributed by atoms with Gasteiger partial charge in [0.1, 0.15) is 0 Å². The molecule has 1 aliphatic heterocycles. The summed E-state index contributed by atoms with van der Waals surface area (Å²) in [6.07, 6.45) is 4.40. The number of nitrogens with one attached hydrogen (secondary N) is 1. The number of aromatic nitrogens is 2. The fourth-order valence-corrected chi connectivity index (χ4v) is 2.79. The third-order valence-electron chi connectivity index (χ3n) is 3.94. The first-order chi connectivity index (χ1) is 9.17. The Labute approximate surface area is 114 Å². The van der Waals surface area contributed by atoms with Crippen LogP contribution in [0.5, 0.6) is 0 Å². The molecule has 2 atom stereocenters. The van der Waals surface area contributed by atoms with Gasteiger partial charge in [-0.3, -0.25) is 0 Å². The summed E-state index contributed by atoms with van der Waals surface area (Å²) in [5.74, 6) is 1.00. The highest BCUT2D eigenvalue weighted by Crippen LogP contribution is 2.30. The van der Waals surface area contributed by atoms with Crippen LogP contribution in [0.15, 0.2) is 30.5 Å². The van der Waals surface area contributed by atoms with Gasteiger partial charge >= 0.3 is 0 Å². The maximum Gasteiger partial charge on any atom is 0.203 e. The number of imidazole rings is 1. The van der Waals surface area contributed by atoms with Crippen molar-refractivity contribution in [2.45, 2.75) is 45.7 Å². The molecule has 2 heterocycles. The number of rotatable bonds is 2. The highest BCUT2D eigenvalue weighted by molar-refractivity contribution is 5.61. The lowest BCUT2D eigenvalue weighted by molar-refractivity contribution is 0.449. The lowest BCUT2D eigenvalue weighted by atomic mass is 10.1. The standard InChI is InChI=1S/C16H21N3/c1-4-13-5-7-14(8-6-13)15-10-19-12(3)9-11(2)17-16(19)18-15/h5-8,10-12H,4,9H2,1-3H3,(H,17,18). The molecular formula is C16H21N3. The van der Waals surface area contributed by atoms with E-state index in [9.17, 15) is 0 Å². The Hall–Kier alpha value is -1.77. The van der Waals surface area contributed by atoms with E-state index in [1.165, 1.54) is 11.1 Å². The fraction of sp³-hybridized carbons (Fsp3) is 0.438. The van der Waals surface area contributed by atoms with Crippen LogP contribution in [0.4, 0.5) is 5.95 Å². The topological polar surface area (TPSA) is 29.9 Å². The van der Waals surface area contributed by atoms with Gasteiger partial charge < -0.3 is 9.88 Å². The second-order valence-corrected chi connectivity index (χ2v) is 5.54. The van der Waals surface area contributed by atoms with Gasteiger partial charge in [-0.05, 0) is 32.3 Å². The second-order valence-electron chi connectivity index (χ2n) is 5.54. The minimum absolute atomic E-state index is 0.500. The van der Waals surface area contributed by atoms with E-state index in [0.717, 1.165) is 24.5 Å². The Morgan fingerprint density at radius 1 is 1.26 bits per heavy atom. The number of fused-ring (bicyclic) bond motifs is 1. The maximum absolute atomic E-state index is 4.73. The third kappa shape index (κ3) is 2.25. The number of hydrogen-bond acceptors (Lipinski definition) is 2. The molecule has 0 radical (unpaired) electrons. The number of anilines is 1. The SMILES string of the molecule is CCc1ccc(-c2cn3c(n2)NC(C)CC3C)cc1. The monoisotopic (exact) mass is 255 g/mol. The van der Waals surface area contributed by atoms with E-state index in [2.05, 4.69) is 61.1 Å². The quantitative estimate of drug-likeness (QED) is 0.882. The van der Waals surface area contributed by atoms with Gasteiger partial charge in [-0.15, -0.1) is 0 Å². The molecule has 0 bridgehead atoms. The molecular weight excluding hydrogens is 234 g/mol. The zero-order valence-electron chi connectivity index (χ0n) is 11.9. The molecule has 0 saturated heterocycles. The molecule has 3 nitrogen and oxygen atoms in total. The zero-order valence-corrected chi connectivity index (χ0v) is 11.9. The molecule has 0 spiro atoms. The van der Waals surface area contributed by atoms with Gasteiger partial charge in [0.2, 0.25) is 5.95 Å². The molecule has 3 rings (SSSR count). The van der Waals surface area contributed by atoms with Crippen molar-refractivity contribution in [3.8, 4) is 11.3 Å². The van der Waals surface area contributed by atoms with E-state index in [-0.39, 0.29) is 0 Å². The van der Waals surface area contributed by atoms with Crippen molar-refractivity contribution in [1.29, 1.82) is 0 Å². The molecule has 1 aliphatic rings. The molecule has 3 heteroatoms. The van der Waals surface area contributed by atoms with Crippen LogP contribution in [0, 0.1) is 0 Å². The van der Waals surface area contributed by atoms with Gasteiger partial charge in [0.15, 0.2) is 0 Å². The average Bonchev–Trinajstić information content (AvgIpc) is 2.83. The predicted molar refractivity (Wildman–Crippen MR) is 79.5 cm³/mol. The highest BCUT2D eigenvalue weighted by atomic mass is 15.2. The molecule has 19 heavy (non-hydrogen) atoms. The van der Waals surface area contributed by atoms with Crippen LogP contribution in [-0.4, -0.2) is 15.6 Å². The first kappa shape index (κ1) is 12.3. The molecule has 0 amide bonds. The van der Waals surface area contributed by atoms with Crippen molar-refractivity contribution in [2.75, 3.05) is 5.32 Å². The molecule has 100 valence electrons. The summed E-state index contributed by atoms with van der Waals surface area (Å²) in [6, 6.07) is 9.73. The number of hydrogen-bond donors (Lipinski definition) is 1. The summed E-state index contributed by atoms with van der Waals surface area (Å²) < 4.78 is 2.25. The largest absolute Gasteiger partial charge is 0.353 e. The molecule has 1 N–H and O–H groups in total. The molecule has 2 aromatic rings. The first-order valence-electron chi connectivity index (χ1n) is 7.12. The summed E-state index contributed by atoms with van der Waals surface area (Å²) >= 11 is 0. The molecule has 0 saturated carbocycles. The Morgan fingerprint density at radius 2 is 2.00 bits per heavy atom.